The van der Waals surface area contributed by atoms with Crippen LogP contribution in [0.1, 0.15) is 11.1 Å². The van der Waals surface area contributed by atoms with Crippen molar-refractivity contribution in [2.75, 3.05) is 12.4 Å². The van der Waals surface area contributed by atoms with Gasteiger partial charge in [0.2, 0.25) is 5.91 Å². The number of aliphatic carboxylic acids is 1. The van der Waals surface area contributed by atoms with E-state index in [1.807, 2.05) is 30.3 Å². The van der Waals surface area contributed by atoms with Gasteiger partial charge in [-0.2, -0.15) is 23.5 Å². The van der Waals surface area contributed by atoms with Gasteiger partial charge in [-0.15, -0.1) is 0 Å². The highest BCUT2D eigenvalue weighted by atomic mass is 19.4. The van der Waals surface area contributed by atoms with Gasteiger partial charge in [0, 0.05) is 28.7 Å². The molecule has 1 amide bonds. The number of methoxy groups -OCH3 is 1. The summed E-state index contributed by atoms with van der Waals surface area (Å²) in [6, 6.07) is 15.2. The number of aromatic amines is 1. The maximum absolute atomic E-state index is 12.5. The fraction of sp³-hybridized carbons (Fsp3) is 0.125. The molecule has 0 aliphatic heterocycles. The quantitative estimate of drug-likeness (QED) is 0.373. The summed E-state index contributed by atoms with van der Waals surface area (Å²) < 4.78 is 36.9. The first kappa shape index (κ1) is 25.7. The molecule has 0 radical (unpaired) electrons. The molecule has 2 heterocycles. The van der Waals surface area contributed by atoms with Crippen molar-refractivity contribution in [1.29, 1.82) is 5.26 Å². The van der Waals surface area contributed by atoms with Crippen LogP contribution in [0.4, 0.5) is 19.0 Å². The largest absolute Gasteiger partial charge is 0.497 e. The zero-order valence-electron chi connectivity index (χ0n) is 18.6. The van der Waals surface area contributed by atoms with Crippen LogP contribution in [0.25, 0.3) is 21.9 Å². The Morgan fingerprint density at radius 3 is 2.39 bits per heavy atom. The van der Waals surface area contributed by atoms with E-state index < -0.39 is 12.1 Å². The maximum atomic E-state index is 12.5. The lowest BCUT2D eigenvalue weighted by Gasteiger charge is -2.10. The third kappa shape index (κ3) is 6.35. The zero-order chi connectivity index (χ0) is 26.3. The molecular formula is C24H18F3N5O4. The second kappa shape index (κ2) is 11.0. The van der Waals surface area contributed by atoms with Crippen LogP contribution in [0.2, 0.25) is 0 Å². The highest BCUT2D eigenvalue weighted by Crippen LogP contribution is 2.28. The number of carboxylic acids is 1. The first-order chi connectivity index (χ1) is 17.1. The van der Waals surface area contributed by atoms with Crippen molar-refractivity contribution in [1.82, 2.24) is 15.2 Å². The Labute approximate surface area is 202 Å². The Morgan fingerprint density at radius 1 is 1.14 bits per heavy atom. The molecule has 0 aliphatic carbocycles. The van der Waals surface area contributed by atoms with Gasteiger partial charge in [-0.1, -0.05) is 24.3 Å². The lowest BCUT2D eigenvalue weighted by Crippen LogP contribution is -2.21. The SMILES string of the molecule is COc1ccc(CC(=O)Nc2ncc3ccc(-c4cn[nH]c4)cc3c2C#N)cc1.O=C(O)C(F)(F)F. The molecule has 0 aliphatic rings. The van der Waals surface area contributed by atoms with Gasteiger partial charge >= 0.3 is 12.1 Å². The van der Waals surface area contributed by atoms with Crippen molar-refractivity contribution in [2.45, 2.75) is 12.6 Å². The summed E-state index contributed by atoms with van der Waals surface area (Å²) in [5, 5.41) is 27.9. The number of H-pyrrole nitrogens is 1. The smallest absolute Gasteiger partial charge is 0.490 e. The first-order valence-electron chi connectivity index (χ1n) is 10.2. The number of benzene rings is 2. The Morgan fingerprint density at radius 2 is 1.83 bits per heavy atom. The molecule has 9 nitrogen and oxygen atoms in total. The second-order valence-corrected chi connectivity index (χ2v) is 7.26. The summed E-state index contributed by atoms with van der Waals surface area (Å²) in [4.78, 5) is 25.7. The van der Waals surface area contributed by atoms with Crippen LogP contribution >= 0.6 is 0 Å². The van der Waals surface area contributed by atoms with Crippen molar-refractivity contribution >= 4 is 28.5 Å². The number of nitriles is 1. The fourth-order valence-corrected chi connectivity index (χ4v) is 3.11. The summed E-state index contributed by atoms with van der Waals surface area (Å²) in [6.07, 6.45) is 0.236. The number of carbonyl (C=O) groups excluding carboxylic acids is 1. The number of nitrogens with zero attached hydrogens (tertiary/aromatic N) is 3. The van der Waals surface area contributed by atoms with E-state index >= 15 is 0 Å². The molecule has 0 atom stereocenters. The van der Waals surface area contributed by atoms with E-state index in [9.17, 15) is 23.2 Å². The van der Waals surface area contributed by atoms with Crippen molar-refractivity contribution < 1.29 is 32.6 Å². The van der Waals surface area contributed by atoms with E-state index in [1.54, 1.807) is 37.8 Å². The number of hydrogen-bond donors (Lipinski definition) is 3. The molecular weight excluding hydrogens is 479 g/mol. The summed E-state index contributed by atoms with van der Waals surface area (Å²) >= 11 is 0. The minimum absolute atomic E-state index is 0.170. The number of alkyl halides is 3. The molecule has 0 saturated carbocycles. The summed E-state index contributed by atoms with van der Waals surface area (Å²) in [6.45, 7) is 0. The van der Waals surface area contributed by atoms with Crippen LogP contribution in [0.15, 0.2) is 61.1 Å². The molecule has 0 spiro atoms. The molecule has 0 fully saturated rings. The number of carbonyl (C=O) groups is 2. The Kier molecular flexibility index (Phi) is 7.85. The van der Waals surface area contributed by atoms with Crippen LogP contribution in [0, 0.1) is 11.3 Å². The van der Waals surface area contributed by atoms with Crippen molar-refractivity contribution in [3.8, 4) is 22.9 Å². The standard InChI is InChI=1S/C22H17N5O2.C2HF3O2/c1-29-18-6-2-14(3-7-18)8-21(28)27-22-20(10-23)19-9-15(17-12-25-26-13-17)4-5-16(19)11-24-22;3-2(4,5)1(6)7/h2-7,9,11-13H,8H2,1H3,(H,25,26)(H,24,27,28);(H,6,7). The Hall–Kier alpha value is -4.92. The van der Waals surface area contributed by atoms with Crippen molar-refractivity contribution in [3.05, 3.63) is 72.2 Å². The number of fused-ring (bicyclic) bond motifs is 1. The minimum atomic E-state index is -5.08. The number of amides is 1. The van der Waals surface area contributed by atoms with Gasteiger partial charge in [0.1, 0.15) is 17.4 Å². The molecule has 12 heteroatoms. The maximum Gasteiger partial charge on any atom is 0.490 e. The number of pyridine rings is 1. The third-order valence-electron chi connectivity index (χ3n) is 4.86. The number of anilines is 1. The Balaban J connectivity index is 0.000000454. The number of hydrogen-bond acceptors (Lipinski definition) is 6. The van der Waals surface area contributed by atoms with Crippen molar-refractivity contribution in [3.63, 3.8) is 0 Å². The highest BCUT2D eigenvalue weighted by Gasteiger charge is 2.38. The molecule has 0 saturated heterocycles. The average molecular weight is 497 g/mol. The molecule has 4 aromatic rings. The van der Waals surface area contributed by atoms with Crippen LogP contribution < -0.4 is 10.1 Å². The van der Waals surface area contributed by atoms with Gasteiger partial charge in [0.05, 0.1) is 19.7 Å². The summed E-state index contributed by atoms with van der Waals surface area (Å²) in [7, 11) is 1.59. The highest BCUT2D eigenvalue weighted by molar-refractivity contribution is 5.99. The summed E-state index contributed by atoms with van der Waals surface area (Å²) in [5.41, 5.74) is 3.00. The predicted octanol–water partition coefficient (Wildman–Crippen LogP) is 4.32. The molecule has 2 aromatic carbocycles. The predicted molar refractivity (Wildman–Crippen MR) is 123 cm³/mol. The number of ether oxygens (including phenoxy) is 1. The number of carboxylic acid groups (broad SMARTS) is 1. The second-order valence-electron chi connectivity index (χ2n) is 7.26. The van der Waals surface area contributed by atoms with E-state index in [0.29, 0.717) is 5.56 Å². The average Bonchev–Trinajstić information content (AvgIpc) is 3.39. The molecule has 184 valence electrons. The first-order valence-corrected chi connectivity index (χ1v) is 10.2. The number of halogens is 3. The van der Waals surface area contributed by atoms with Gasteiger partial charge in [0.15, 0.2) is 5.82 Å². The zero-order valence-corrected chi connectivity index (χ0v) is 18.6. The molecule has 0 unspecified atom stereocenters. The molecule has 2 aromatic heterocycles. The number of rotatable bonds is 5. The van der Waals surface area contributed by atoms with E-state index in [1.165, 1.54) is 0 Å². The van der Waals surface area contributed by atoms with Gasteiger partial charge in [-0.3, -0.25) is 9.89 Å². The molecule has 36 heavy (non-hydrogen) atoms. The van der Waals surface area contributed by atoms with Gasteiger partial charge in [0.25, 0.3) is 0 Å². The van der Waals surface area contributed by atoms with Crippen LogP contribution in [-0.4, -0.2) is 45.5 Å². The number of nitrogens with one attached hydrogen (secondary N) is 2. The van der Waals surface area contributed by atoms with Crippen LogP contribution in [0.3, 0.4) is 0 Å². The van der Waals surface area contributed by atoms with E-state index in [0.717, 1.165) is 33.2 Å². The topological polar surface area (TPSA) is 141 Å². The van der Waals surface area contributed by atoms with Crippen molar-refractivity contribution in [2.24, 2.45) is 0 Å². The number of aromatic nitrogens is 3. The third-order valence-corrected chi connectivity index (χ3v) is 4.86. The van der Waals surface area contributed by atoms with Gasteiger partial charge in [-0.05, 0) is 29.3 Å². The normalized spacial score (nSPS) is 10.6. The molecule has 0 bridgehead atoms. The van der Waals surface area contributed by atoms with Gasteiger partial charge < -0.3 is 15.2 Å². The Bertz CT molecular complexity index is 1410. The fourth-order valence-electron chi connectivity index (χ4n) is 3.11. The molecule has 4 rings (SSSR count). The van der Waals surface area contributed by atoms with Gasteiger partial charge in [-0.25, -0.2) is 9.78 Å². The lowest BCUT2D eigenvalue weighted by atomic mass is 10.0. The van der Waals surface area contributed by atoms with Crippen LogP contribution in [-0.2, 0) is 16.0 Å². The monoisotopic (exact) mass is 497 g/mol. The minimum Gasteiger partial charge on any atom is -0.497 e. The van der Waals surface area contributed by atoms with Crippen LogP contribution in [0.5, 0.6) is 5.75 Å². The molecule has 3 N–H and O–H groups in total. The van der Waals surface area contributed by atoms with E-state index in [2.05, 4.69) is 26.6 Å². The lowest BCUT2D eigenvalue weighted by molar-refractivity contribution is -0.192. The van der Waals surface area contributed by atoms with E-state index in [4.69, 9.17) is 14.6 Å². The van der Waals surface area contributed by atoms with E-state index in [-0.39, 0.29) is 18.1 Å². The summed E-state index contributed by atoms with van der Waals surface area (Å²) in [5.74, 6) is -2.02.